The third kappa shape index (κ3) is 5.86. The topological polar surface area (TPSA) is 20.3 Å². The highest BCUT2D eigenvalue weighted by Crippen LogP contribution is 1.87. The van der Waals surface area contributed by atoms with Crippen LogP contribution in [0.4, 0.5) is 0 Å². The van der Waals surface area contributed by atoms with Crippen LogP contribution in [0.5, 0.6) is 0 Å². The van der Waals surface area contributed by atoms with Gasteiger partial charge in [-0.25, -0.2) is 0 Å². The first-order valence-electron chi connectivity index (χ1n) is 2.94. The van der Waals surface area contributed by atoms with Crippen molar-refractivity contribution in [2.24, 2.45) is 0 Å². The van der Waals surface area contributed by atoms with E-state index in [-0.39, 0.29) is 5.78 Å². The van der Waals surface area contributed by atoms with Crippen LogP contribution >= 0.6 is 12.6 Å². The zero-order valence-electron chi connectivity index (χ0n) is 5.92. The van der Waals surface area contributed by atoms with Crippen LogP contribution in [0.3, 0.4) is 0 Å². The van der Waals surface area contributed by atoms with E-state index in [1.165, 1.54) is 0 Å². The van der Waals surface area contributed by atoms with Crippen LogP contribution in [0, 0.1) is 0 Å². The minimum Gasteiger partial charge on any atom is -0.309 e. The molecule has 0 aromatic carbocycles. The molecule has 0 aliphatic heterocycles. The maximum atomic E-state index is 10.6. The van der Waals surface area contributed by atoms with Gasteiger partial charge in [0.25, 0.3) is 0 Å². The Morgan fingerprint density at radius 1 is 1.56 bits per heavy atom. The molecule has 0 bridgehead atoms. The summed E-state index contributed by atoms with van der Waals surface area (Å²) >= 11 is 3.85. The van der Waals surface area contributed by atoms with Gasteiger partial charge in [-0.05, 0) is 14.1 Å². The zero-order valence-corrected chi connectivity index (χ0v) is 6.82. The molecule has 0 aromatic heterocycles. The second kappa shape index (κ2) is 4.82. The van der Waals surface area contributed by atoms with E-state index >= 15 is 0 Å². The van der Waals surface area contributed by atoms with Crippen LogP contribution in [0.15, 0.2) is 0 Å². The van der Waals surface area contributed by atoms with E-state index in [2.05, 4.69) is 12.6 Å². The monoisotopic (exact) mass is 147 g/mol. The summed E-state index contributed by atoms with van der Waals surface area (Å²) in [5.74, 6) is 0.584. The number of hydrogen-bond acceptors (Lipinski definition) is 3. The predicted molar refractivity (Wildman–Crippen MR) is 42.0 cm³/mol. The lowest BCUT2D eigenvalue weighted by atomic mass is 10.3. The molecular formula is C6H13NOS. The number of hydrogen-bond donors (Lipinski definition) is 1. The van der Waals surface area contributed by atoms with Gasteiger partial charge >= 0.3 is 0 Å². The Balaban J connectivity index is 3.17. The van der Waals surface area contributed by atoms with E-state index in [1.807, 2.05) is 19.0 Å². The van der Waals surface area contributed by atoms with Crippen molar-refractivity contribution < 1.29 is 4.79 Å². The smallest absolute Gasteiger partial charge is 0.143 e. The molecule has 2 nitrogen and oxygen atoms in total. The van der Waals surface area contributed by atoms with Gasteiger partial charge in [0.05, 0.1) is 0 Å². The molecule has 0 amide bonds. The van der Waals surface area contributed by atoms with Crippen molar-refractivity contribution in [2.45, 2.75) is 6.42 Å². The summed E-state index contributed by atoms with van der Waals surface area (Å²) in [6.45, 7) is 0.833. The van der Waals surface area contributed by atoms with E-state index in [1.54, 1.807) is 0 Å². The summed E-state index contributed by atoms with van der Waals surface area (Å²) in [4.78, 5) is 12.6. The molecule has 0 aliphatic rings. The van der Waals surface area contributed by atoms with E-state index in [0.717, 1.165) is 6.54 Å². The SMILES string of the molecule is CN(C)CCC(=O)CS. The van der Waals surface area contributed by atoms with Crippen molar-refractivity contribution in [1.29, 1.82) is 0 Å². The van der Waals surface area contributed by atoms with E-state index < -0.39 is 0 Å². The Bertz CT molecular complexity index is 93.1. The third-order valence-electron chi connectivity index (χ3n) is 1.01. The molecule has 0 radical (unpaired) electrons. The van der Waals surface area contributed by atoms with Crippen molar-refractivity contribution in [2.75, 3.05) is 26.4 Å². The average molecular weight is 147 g/mol. The van der Waals surface area contributed by atoms with Gasteiger partial charge in [-0.15, -0.1) is 0 Å². The van der Waals surface area contributed by atoms with Crippen LogP contribution in [0.25, 0.3) is 0 Å². The highest BCUT2D eigenvalue weighted by Gasteiger charge is 1.97. The Morgan fingerprint density at radius 3 is 2.44 bits per heavy atom. The van der Waals surface area contributed by atoms with Gasteiger partial charge in [0, 0.05) is 18.7 Å². The third-order valence-corrected chi connectivity index (χ3v) is 1.37. The Labute approximate surface area is 61.6 Å². The lowest BCUT2D eigenvalue weighted by Crippen LogP contribution is -2.16. The normalized spacial score (nSPS) is 10.2. The molecule has 0 N–H and O–H groups in total. The second-order valence-electron chi connectivity index (χ2n) is 2.25. The molecule has 0 aromatic rings. The summed E-state index contributed by atoms with van der Waals surface area (Å²) in [5, 5.41) is 0. The number of Topliss-reactive ketones (excluding diaryl/α,β-unsaturated/α-hetero) is 1. The van der Waals surface area contributed by atoms with Gasteiger partial charge in [0.2, 0.25) is 0 Å². The highest BCUT2D eigenvalue weighted by atomic mass is 32.1. The first kappa shape index (κ1) is 8.98. The molecule has 0 rings (SSSR count). The molecule has 54 valence electrons. The number of carbonyl (C=O) groups excluding carboxylic acids is 1. The molecule has 0 saturated carbocycles. The Morgan fingerprint density at radius 2 is 2.11 bits per heavy atom. The summed E-state index contributed by atoms with van der Waals surface area (Å²) < 4.78 is 0. The van der Waals surface area contributed by atoms with Crippen LogP contribution < -0.4 is 0 Å². The fourth-order valence-corrected chi connectivity index (χ4v) is 0.585. The fourth-order valence-electron chi connectivity index (χ4n) is 0.427. The van der Waals surface area contributed by atoms with Crippen molar-refractivity contribution in [3.8, 4) is 0 Å². The van der Waals surface area contributed by atoms with E-state index in [9.17, 15) is 4.79 Å². The number of ketones is 1. The Hall–Kier alpha value is -0.0200. The molecular weight excluding hydrogens is 134 g/mol. The molecule has 0 atom stereocenters. The lowest BCUT2D eigenvalue weighted by molar-refractivity contribution is -0.116. The van der Waals surface area contributed by atoms with Gasteiger partial charge in [0.15, 0.2) is 0 Å². The zero-order chi connectivity index (χ0) is 7.28. The molecule has 0 heterocycles. The molecule has 0 fully saturated rings. The number of nitrogens with zero attached hydrogens (tertiary/aromatic N) is 1. The van der Waals surface area contributed by atoms with Gasteiger partial charge in [-0.1, -0.05) is 0 Å². The van der Waals surface area contributed by atoms with Crippen molar-refractivity contribution >= 4 is 18.4 Å². The first-order chi connectivity index (χ1) is 4.16. The average Bonchev–Trinajstić information content (AvgIpc) is 1.83. The summed E-state index contributed by atoms with van der Waals surface area (Å²) in [5.41, 5.74) is 0. The summed E-state index contributed by atoms with van der Waals surface area (Å²) in [6, 6.07) is 0. The molecule has 0 unspecified atom stereocenters. The number of rotatable bonds is 4. The molecule has 0 aliphatic carbocycles. The van der Waals surface area contributed by atoms with Gasteiger partial charge < -0.3 is 4.90 Å². The van der Waals surface area contributed by atoms with Gasteiger partial charge in [-0.2, -0.15) is 12.6 Å². The predicted octanol–water partition coefficient (Wildman–Crippen LogP) is 0.437. The van der Waals surface area contributed by atoms with Crippen LogP contribution in [-0.4, -0.2) is 37.1 Å². The van der Waals surface area contributed by atoms with E-state index in [0.29, 0.717) is 12.2 Å². The second-order valence-corrected chi connectivity index (χ2v) is 2.57. The minimum atomic E-state index is 0.215. The summed E-state index contributed by atoms with van der Waals surface area (Å²) in [7, 11) is 3.90. The van der Waals surface area contributed by atoms with Crippen molar-refractivity contribution in [3.05, 3.63) is 0 Å². The van der Waals surface area contributed by atoms with Crippen LogP contribution in [0.1, 0.15) is 6.42 Å². The summed E-state index contributed by atoms with van der Waals surface area (Å²) in [6.07, 6.45) is 0.622. The van der Waals surface area contributed by atoms with Crippen LogP contribution in [-0.2, 0) is 4.79 Å². The molecule has 3 heteroatoms. The quantitative estimate of drug-likeness (QED) is 0.582. The molecule has 0 spiro atoms. The molecule has 9 heavy (non-hydrogen) atoms. The standard InChI is InChI=1S/C6H13NOS/c1-7(2)4-3-6(8)5-9/h9H,3-5H2,1-2H3. The largest absolute Gasteiger partial charge is 0.309 e. The first-order valence-corrected chi connectivity index (χ1v) is 3.57. The lowest BCUT2D eigenvalue weighted by Gasteiger charge is -2.06. The van der Waals surface area contributed by atoms with Gasteiger partial charge in [-0.3, -0.25) is 4.79 Å². The minimum absolute atomic E-state index is 0.215. The highest BCUT2D eigenvalue weighted by molar-refractivity contribution is 7.81. The van der Waals surface area contributed by atoms with E-state index in [4.69, 9.17) is 0 Å². The van der Waals surface area contributed by atoms with Crippen LogP contribution in [0.2, 0.25) is 0 Å². The number of thiol groups is 1. The molecule has 0 saturated heterocycles. The maximum Gasteiger partial charge on any atom is 0.143 e. The Kier molecular flexibility index (Phi) is 4.81. The van der Waals surface area contributed by atoms with Crippen molar-refractivity contribution in [3.63, 3.8) is 0 Å². The fraction of sp³-hybridized carbons (Fsp3) is 0.833. The van der Waals surface area contributed by atoms with Crippen molar-refractivity contribution in [1.82, 2.24) is 4.90 Å². The number of carbonyl (C=O) groups is 1. The maximum absolute atomic E-state index is 10.6. The van der Waals surface area contributed by atoms with Gasteiger partial charge in [0.1, 0.15) is 5.78 Å².